The van der Waals surface area contributed by atoms with Crippen molar-refractivity contribution in [3.8, 4) is 0 Å². The standard InChI is InChI=1S/C15H30N4O/c1-15(2,3)19-11-9-18(10-12-19)14(20)13-17-7-5-16(4)6-8-17/h5-13H2,1-4H3. The molecule has 2 heterocycles. The Morgan fingerprint density at radius 1 is 0.900 bits per heavy atom. The van der Waals surface area contributed by atoms with Gasteiger partial charge in [0.25, 0.3) is 0 Å². The summed E-state index contributed by atoms with van der Waals surface area (Å²) in [5, 5.41) is 0. The lowest BCUT2D eigenvalue weighted by atomic mass is 10.0. The first-order valence-electron chi connectivity index (χ1n) is 7.80. The first-order chi connectivity index (χ1) is 9.36. The highest BCUT2D eigenvalue weighted by atomic mass is 16.2. The van der Waals surface area contributed by atoms with Gasteiger partial charge in [0.2, 0.25) is 5.91 Å². The van der Waals surface area contributed by atoms with Crippen molar-refractivity contribution < 1.29 is 4.79 Å². The van der Waals surface area contributed by atoms with Crippen LogP contribution in [-0.2, 0) is 4.79 Å². The predicted octanol–water partition coefficient (Wildman–Crippen LogP) is 0.177. The van der Waals surface area contributed by atoms with Crippen LogP contribution in [0.4, 0.5) is 0 Å². The molecular formula is C15H30N4O. The van der Waals surface area contributed by atoms with Gasteiger partial charge >= 0.3 is 0 Å². The summed E-state index contributed by atoms with van der Waals surface area (Å²) in [6.07, 6.45) is 0. The summed E-state index contributed by atoms with van der Waals surface area (Å²) in [6, 6.07) is 0. The predicted molar refractivity (Wildman–Crippen MR) is 81.8 cm³/mol. The van der Waals surface area contributed by atoms with E-state index in [1.807, 2.05) is 4.90 Å². The second-order valence-corrected chi connectivity index (χ2v) is 7.12. The van der Waals surface area contributed by atoms with Crippen molar-refractivity contribution in [1.82, 2.24) is 19.6 Å². The van der Waals surface area contributed by atoms with E-state index in [2.05, 4.69) is 42.5 Å². The fourth-order valence-corrected chi connectivity index (χ4v) is 2.92. The van der Waals surface area contributed by atoms with Crippen LogP contribution in [0.5, 0.6) is 0 Å². The summed E-state index contributed by atoms with van der Waals surface area (Å²) in [7, 11) is 2.14. The number of piperazine rings is 2. The molecule has 1 amide bonds. The van der Waals surface area contributed by atoms with Crippen molar-refractivity contribution in [1.29, 1.82) is 0 Å². The van der Waals surface area contributed by atoms with Gasteiger partial charge in [-0.3, -0.25) is 14.6 Å². The lowest BCUT2D eigenvalue weighted by Crippen LogP contribution is -2.56. The molecule has 2 saturated heterocycles. The molecule has 5 nitrogen and oxygen atoms in total. The van der Waals surface area contributed by atoms with E-state index in [0.29, 0.717) is 12.5 Å². The van der Waals surface area contributed by atoms with Crippen molar-refractivity contribution in [2.45, 2.75) is 26.3 Å². The Labute approximate surface area is 123 Å². The van der Waals surface area contributed by atoms with Crippen molar-refractivity contribution in [3.05, 3.63) is 0 Å². The van der Waals surface area contributed by atoms with E-state index in [0.717, 1.165) is 52.4 Å². The second-order valence-electron chi connectivity index (χ2n) is 7.12. The third kappa shape index (κ3) is 4.17. The van der Waals surface area contributed by atoms with E-state index in [9.17, 15) is 4.79 Å². The van der Waals surface area contributed by atoms with E-state index in [-0.39, 0.29) is 5.54 Å². The van der Waals surface area contributed by atoms with E-state index in [1.54, 1.807) is 0 Å². The van der Waals surface area contributed by atoms with Gasteiger partial charge in [-0.15, -0.1) is 0 Å². The highest BCUT2D eigenvalue weighted by molar-refractivity contribution is 5.78. The largest absolute Gasteiger partial charge is 0.339 e. The lowest BCUT2D eigenvalue weighted by molar-refractivity contribution is -0.135. The lowest BCUT2D eigenvalue weighted by Gasteiger charge is -2.42. The van der Waals surface area contributed by atoms with Crippen LogP contribution >= 0.6 is 0 Å². The van der Waals surface area contributed by atoms with Gasteiger partial charge in [-0.1, -0.05) is 0 Å². The number of hydrogen-bond acceptors (Lipinski definition) is 4. The number of hydrogen-bond donors (Lipinski definition) is 0. The molecule has 0 N–H and O–H groups in total. The molecule has 0 unspecified atom stereocenters. The maximum Gasteiger partial charge on any atom is 0.236 e. The molecule has 2 rings (SSSR count). The molecule has 0 aromatic carbocycles. The Hall–Kier alpha value is -0.650. The van der Waals surface area contributed by atoms with Gasteiger partial charge in [0.05, 0.1) is 6.54 Å². The Morgan fingerprint density at radius 2 is 1.45 bits per heavy atom. The number of amides is 1. The SMILES string of the molecule is CN1CCN(CC(=O)N2CCN(C(C)(C)C)CC2)CC1. The molecule has 0 aromatic heterocycles. The molecule has 2 aliphatic heterocycles. The molecule has 0 radical (unpaired) electrons. The molecule has 2 fully saturated rings. The van der Waals surface area contributed by atoms with Gasteiger partial charge in [0.15, 0.2) is 0 Å². The number of carbonyl (C=O) groups is 1. The van der Waals surface area contributed by atoms with Crippen molar-refractivity contribution in [3.63, 3.8) is 0 Å². The number of carbonyl (C=O) groups excluding carboxylic acids is 1. The molecular weight excluding hydrogens is 252 g/mol. The van der Waals surface area contributed by atoms with E-state index in [4.69, 9.17) is 0 Å². The molecule has 0 atom stereocenters. The first-order valence-corrected chi connectivity index (χ1v) is 7.80. The summed E-state index contributed by atoms with van der Waals surface area (Å²) in [4.78, 5) is 21.5. The third-order valence-electron chi connectivity index (χ3n) is 4.54. The quantitative estimate of drug-likeness (QED) is 0.723. The fourth-order valence-electron chi connectivity index (χ4n) is 2.92. The van der Waals surface area contributed by atoms with Gasteiger partial charge in [0, 0.05) is 57.9 Å². The maximum atomic E-state index is 12.4. The van der Waals surface area contributed by atoms with Gasteiger partial charge < -0.3 is 9.80 Å². The van der Waals surface area contributed by atoms with Crippen LogP contribution in [0.2, 0.25) is 0 Å². The third-order valence-corrected chi connectivity index (χ3v) is 4.54. The highest BCUT2D eigenvalue weighted by Gasteiger charge is 2.28. The normalized spacial score (nSPS) is 24.1. The van der Waals surface area contributed by atoms with Crippen molar-refractivity contribution in [2.75, 3.05) is 66.0 Å². The molecule has 0 saturated carbocycles. The molecule has 5 heteroatoms. The molecule has 20 heavy (non-hydrogen) atoms. The maximum absolute atomic E-state index is 12.4. The summed E-state index contributed by atoms with van der Waals surface area (Å²) in [5.41, 5.74) is 0.215. The molecule has 0 spiro atoms. The average Bonchev–Trinajstić information content (AvgIpc) is 2.40. The summed E-state index contributed by atoms with van der Waals surface area (Å²) < 4.78 is 0. The van der Waals surface area contributed by atoms with Gasteiger partial charge in [-0.05, 0) is 27.8 Å². The average molecular weight is 282 g/mol. The fraction of sp³-hybridized carbons (Fsp3) is 0.933. The minimum atomic E-state index is 0.215. The van der Waals surface area contributed by atoms with Crippen LogP contribution in [0.1, 0.15) is 20.8 Å². The van der Waals surface area contributed by atoms with E-state index >= 15 is 0 Å². The number of rotatable bonds is 2. The number of likely N-dealkylation sites (N-methyl/N-ethyl adjacent to an activating group) is 1. The number of nitrogens with zero attached hydrogens (tertiary/aromatic N) is 4. The first kappa shape index (κ1) is 15.7. The van der Waals surface area contributed by atoms with Crippen molar-refractivity contribution >= 4 is 5.91 Å². The van der Waals surface area contributed by atoms with Crippen LogP contribution in [0.3, 0.4) is 0 Å². The zero-order valence-electron chi connectivity index (χ0n) is 13.6. The molecule has 116 valence electrons. The Bertz CT molecular complexity index is 323. The molecule has 2 aliphatic rings. The van der Waals surface area contributed by atoms with Gasteiger partial charge in [0.1, 0.15) is 0 Å². The summed E-state index contributed by atoms with van der Waals surface area (Å²) >= 11 is 0. The summed E-state index contributed by atoms with van der Waals surface area (Å²) in [5.74, 6) is 0.308. The van der Waals surface area contributed by atoms with Crippen LogP contribution < -0.4 is 0 Å². The second kappa shape index (κ2) is 6.41. The van der Waals surface area contributed by atoms with Crippen LogP contribution in [0, 0.1) is 0 Å². The molecule has 0 bridgehead atoms. The zero-order chi connectivity index (χ0) is 14.8. The van der Waals surface area contributed by atoms with Crippen LogP contribution in [-0.4, -0.2) is 97.0 Å². The molecule has 0 aromatic rings. The smallest absolute Gasteiger partial charge is 0.236 e. The minimum Gasteiger partial charge on any atom is -0.339 e. The monoisotopic (exact) mass is 282 g/mol. The Morgan fingerprint density at radius 3 is 1.95 bits per heavy atom. The van der Waals surface area contributed by atoms with E-state index in [1.165, 1.54) is 0 Å². The summed E-state index contributed by atoms with van der Waals surface area (Å²) in [6.45, 7) is 15.3. The Balaban J connectivity index is 1.75. The van der Waals surface area contributed by atoms with Gasteiger partial charge in [-0.25, -0.2) is 0 Å². The van der Waals surface area contributed by atoms with E-state index < -0.39 is 0 Å². The zero-order valence-corrected chi connectivity index (χ0v) is 13.6. The topological polar surface area (TPSA) is 30.0 Å². The van der Waals surface area contributed by atoms with Crippen molar-refractivity contribution in [2.24, 2.45) is 0 Å². The van der Waals surface area contributed by atoms with Crippen LogP contribution in [0.25, 0.3) is 0 Å². The minimum absolute atomic E-state index is 0.215. The van der Waals surface area contributed by atoms with Crippen LogP contribution in [0.15, 0.2) is 0 Å². The Kier molecular flexibility index (Phi) is 5.04. The van der Waals surface area contributed by atoms with Gasteiger partial charge in [-0.2, -0.15) is 0 Å². The highest BCUT2D eigenvalue weighted by Crippen LogP contribution is 2.16. The molecule has 0 aliphatic carbocycles.